The van der Waals surface area contributed by atoms with Gasteiger partial charge in [-0.15, -0.1) is 11.8 Å². The highest BCUT2D eigenvalue weighted by atomic mass is 32.2. The molecule has 0 saturated heterocycles. The van der Waals surface area contributed by atoms with Crippen LogP contribution in [0.15, 0.2) is 23.1 Å². The standard InChI is InChI=1S/C11H15NOS/c1-8-4-5-9(14-3)6-10(8)11(13)7-12-2/h4-6,12H,7H2,1-3H3. The van der Waals surface area contributed by atoms with Gasteiger partial charge in [0.1, 0.15) is 0 Å². The predicted octanol–water partition coefficient (Wildman–Crippen LogP) is 2.12. The summed E-state index contributed by atoms with van der Waals surface area (Å²) in [5.41, 5.74) is 1.87. The minimum Gasteiger partial charge on any atom is -0.313 e. The summed E-state index contributed by atoms with van der Waals surface area (Å²) in [6.45, 7) is 2.37. The van der Waals surface area contributed by atoms with Gasteiger partial charge in [-0.1, -0.05) is 6.07 Å². The molecule has 1 rings (SSSR count). The molecule has 0 aliphatic heterocycles. The second-order valence-corrected chi connectivity index (χ2v) is 4.01. The van der Waals surface area contributed by atoms with Crippen molar-refractivity contribution in [3.05, 3.63) is 29.3 Å². The van der Waals surface area contributed by atoms with Crippen LogP contribution < -0.4 is 5.32 Å². The number of hydrogen-bond acceptors (Lipinski definition) is 3. The Labute approximate surface area is 89.1 Å². The van der Waals surface area contributed by atoms with Crippen LogP contribution in [-0.2, 0) is 0 Å². The van der Waals surface area contributed by atoms with Crippen LogP contribution in [-0.4, -0.2) is 25.6 Å². The minimum atomic E-state index is 0.154. The van der Waals surface area contributed by atoms with E-state index in [2.05, 4.69) is 5.32 Å². The lowest BCUT2D eigenvalue weighted by atomic mass is 10.1. The summed E-state index contributed by atoms with van der Waals surface area (Å²) in [6, 6.07) is 5.99. The third kappa shape index (κ3) is 2.59. The maximum Gasteiger partial charge on any atom is 0.176 e. The van der Waals surface area contributed by atoms with Crippen LogP contribution in [0.4, 0.5) is 0 Å². The van der Waals surface area contributed by atoms with Crippen molar-refractivity contribution in [2.75, 3.05) is 19.8 Å². The fourth-order valence-electron chi connectivity index (χ4n) is 1.28. The molecule has 0 atom stereocenters. The van der Waals surface area contributed by atoms with Crippen LogP contribution in [0.5, 0.6) is 0 Å². The van der Waals surface area contributed by atoms with Crippen molar-refractivity contribution in [3.8, 4) is 0 Å². The second kappa shape index (κ2) is 5.17. The lowest BCUT2D eigenvalue weighted by Gasteiger charge is -2.06. The maximum absolute atomic E-state index is 11.7. The van der Waals surface area contributed by atoms with Crippen molar-refractivity contribution in [3.63, 3.8) is 0 Å². The molecule has 0 spiro atoms. The van der Waals surface area contributed by atoms with E-state index in [1.165, 1.54) is 0 Å². The molecule has 1 N–H and O–H groups in total. The number of carbonyl (C=O) groups excluding carboxylic acids is 1. The molecule has 0 aliphatic rings. The van der Waals surface area contributed by atoms with Crippen molar-refractivity contribution in [1.29, 1.82) is 0 Å². The molecular formula is C11H15NOS. The Kier molecular flexibility index (Phi) is 4.17. The van der Waals surface area contributed by atoms with E-state index >= 15 is 0 Å². The fraction of sp³-hybridized carbons (Fsp3) is 0.364. The summed E-state index contributed by atoms with van der Waals surface area (Å²) in [6.07, 6.45) is 2.01. The molecular weight excluding hydrogens is 194 g/mol. The number of nitrogens with one attached hydrogen (secondary N) is 1. The Morgan fingerprint density at radius 1 is 1.50 bits per heavy atom. The first-order valence-corrected chi connectivity index (χ1v) is 5.74. The molecule has 0 saturated carbocycles. The van der Waals surface area contributed by atoms with Crippen molar-refractivity contribution in [2.24, 2.45) is 0 Å². The van der Waals surface area contributed by atoms with Gasteiger partial charge in [0, 0.05) is 10.5 Å². The molecule has 0 aromatic heterocycles. The van der Waals surface area contributed by atoms with Crippen LogP contribution in [0.25, 0.3) is 0 Å². The SMILES string of the molecule is CNCC(=O)c1cc(SC)ccc1C. The molecule has 0 aliphatic carbocycles. The quantitative estimate of drug-likeness (QED) is 0.608. The third-order valence-electron chi connectivity index (χ3n) is 2.08. The number of Topliss-reactive ketones (excluding diaryl/α,β-unsaturated/α-hetero) is 1. The molecule has 0 amide bonds. The van der Waals surface area contributed by atoms with E-state index in [0.717, 1.165) is 16.0 Å². The Morgan fingerprint density at radius 2 is 2.21 bits per heavy atom. The van der Waals surface area contributed by atoms with Gasteiger partial charge in [0.15, 0.2) is 5.78 Å². The molecule has 0 radical (unpaired) electrons. The summed E-state index contributed by atoms with van der Waals surface area (Å²) in [7, 11) is 1.78. The summed E-state index contributed by atoms with van der Waals surface area (Å²) in [4.78, 5) is 12.8. The van der Waals surface area contributed by atoms with Gasteiger partial charge >= 0.3 is 0 Å². The molecule has 2 nitrogen and oxygen atoms in total. The average Bonchev–Trinajstić information content (AvgIpc) is 2.19. The van der Waals surface area contributed by atoms with Gasteiger partial charge in [0.05, 0.1) is 6.54 Å². The van der Waals surface area contributed by atoms with Crippen LogP contribution in [0, 0.1) is 6.92 Å². The Bertz CT molecular complexity index is 336. The zero-order valence-corrected chi connectivity index (χ0v) is 9.57. The number of carbonyl (C=O) groups is 1. The van der Waals surface area contributed by atoms with E-state index in [-0.39, 0.29) is 5.78 Å². The molecule has 0 bridgehead atoms. The van der Waals surface area contributed by atoms with Gasteiger partial charge in [0.25, 0.3) is 0 Å². The summed E-state index contributed by atoms with van der Waals surface area (Å²) < 4.78 is 0. The highest BCUT2D eigenvalue weighted by Crippen LogP contribution is 2.19. The number of likely N-dealkylation sites (N-methyl/N-ethyl adjacent to an activating group) is 1. The largest absolute Gasteiger partial charge is 0.313 e. The first kappa shape index (κ1) is 11.3. The molecule has 1 aromatic rings. The highest BCUT2D eigenvalue weighted by Gasteiger charge is 2.08. The van der Waals surface area contributed by atoms with Crippen LogP contribution in [0.2, 0.25) is 0 Å². The molecule has 76 valence electrons. The summed E-state index contributed by atoms with van der Waals surface area (Å²) >= 11 is 1.65. The monoisotopic (exact) mass is 209 g/mol. The van der Waals surface area contributed by atoms with Crippen molar-refractivity contribution in [1.82, 2.24) is 5.32 Å². The van der Waals surface area contributed by atoms with E-state index in [1.807, 2.05) is 31.4 Å². The zero-order chi connectivity index (χ0) is 10.6. The topological polar surface area (TPSA) is 29.1 Å². The molecule has 0 fully saturated rings. The number of thioether (sulfide) groups is 1. The van der Waals surface area contributed by atoms with Gasteiger partial charge in [0.2, 0.25) is 0 Å². The summed E-state index contributed by atoms with van der Waals surface area (Å²) in [5.74, 6) is 0.154. The lowest BCUT2D eigenvalue weighted by molar-refractivity contribution is 0.0993. The molecule has 0 heterocycles. The van der Waals surface area contributed by atoms with Gasteiger partial charge < -0.3 is 5.32 Å². The fourth-order valence-corrected chi connectivity index (χ4v) is 1.72. The summed E-state index contributed by atoms with van der Waals surface area (Å²) in [5, 5.41) is 2.87. The van der Waals surface area contributed by atoms with Crippen LogP contribution in [0.1, 0.15) is 15.9 Å². The van der Waals surface area contributed by atoms with E-state index in [4.69, 9.17) is 0 Å². The van der Waals surface area contributed by atoms with Gasteiger partial charge in [-0.3, -0.25) is 4.79 Å². The van der Waals surface area contributed by atoms with E-state index < -0.39 is 0 Å². The van der Waals surface area contributed by atoms with Gasteiger partial charge in [-0.05, 0) is 37.9 Å². The first-order chi connectivity index (χ1) is 6.69. The normalized spacial score (nSPS) is 10.2. The minimum absolute atomic E-state index is 0.154. The number of rotatable bonds is 4. The van der Waals surface area contributed by atoms with Crippen LogP contribution >= 0.6 is 11.8 Å². The van der Waals surface area contributed by atoms with Crippen LogP contribution in [0.3, 0.4) is 0 Å². The smallest absolute Gasteiger partial charge is 0.176 e. The zero-order valence-electron chi connectivity index (χ0n) is 8.76. The molecule has 3 heteroatoms. The number of ketones is 1. The molecule has 0 unspecified atom stereocenters. The number of hydrogen-bond donors (Lipinski definition) is 1. The second-order valence-electron chi connectivity index (χ2n) is 3.13. The molecule has 1 aromatic carbocycles. The van der Waals surface area contributed by atoms with Gasteiger partial charge in [-0.25, -0.2) is 0 Å². The van der Waals surface area contributed by atoms with Crippen molar-refractivity contribution in [2.45, 2.75) is 11.8 Å². The average molecular weight is 209 g/mol. The van der Waals surface area contributed by atoms with Crippen molar-refractivity contribution >= 4 is 17.5 Å². The van der Waals surface area contributed by atoms with E-state index in [1.54, 1.807) is 18.8 Å². The number of aryl methyl sites for hydroxylation is 1. The third-order valence-corrected chi connectivity index (χ3v) is 2.81. The Morgan fingerprint density at radius 3 is 2.79 bits per heavy atom. The Balaban J connectivity index is 2.99. The van der Waals surface area contributed by atoms with Crippen molar-refractivity contribution < 1.29 is 4.79 Å². The maximum atomic E-state index is 11.7. The lowest BCUT2D eigenvalue weighted by Crippen LogP contribution is -2.19. The van der Waals surface area contributed by atoms with E-state index in [9.17, 15) is 4.79 Å². The highest BCUT2D eigenvalue weighted by molar-refractivity contribution is 7.98. The van der Waals surface area contributed by atoms with E-state index in [0.29, 0.717) is 6.54 Å². The van der Waals surface area contributed by atoms with Gasteiger partial charge in [-0.2, -0.15) is 0 Å². The number of benzene rings is 1. The Hall–Kier alpha value is -0.800. The molecule has 14 heavy (non-hydrogen) atoms. The predicted molar refractivity (Wildman–Crippen MR) is 61.2 cm³/mol. The first-order valence-electron chi connectivity index (χ1n) is 4.51.